The van der Waals surface area contributed by atoms with Gasteiger partial charge in [0.15, 0.2) is 0 Å². The molecule has 0 rings (SSSR count). The predicted molar refractivity (Wildman–Crippen MR) is 53.2 cm³/mol. The molecule has 0 aliphatic rings. The Labute approximate surface area is 80.2 Å². The Bertz CT molecular complexity index is 180. The minimum Gasteiger partial charge on any atom is -0.466 e. The molecule has 0 saturated carbocycles. The van der Waals surface area contributed by atoms with Crippen LogP contribution in [0.5, 0.6) is 0 Å². The van der Waals surface area contributed by atoms with E-state index in [1.54, 1.807) is 6.20 Å². The zero-order valence-electron chi connectivity index (χ0n) is 8.89. The molecule has 76 valence electrons. The molecule has 0 aromatic carbocycles. The van der Waals surface area contributed by atoms with E-state index in [9.17, 15) is 4.79 Å². The van der Waals surface area contributed by atoms with Crippen molar-refractivity contribution in [3.63, 3.8) is 0 Å². The van der Waals surface area contributed by atoms with Crippen LogP contribution in [-0.4, -0.2) is 19.6 Å². The zero-order valence-corrected chi connectivity index (χ0v) is 8.89. The Morgan fingerprint density at radius 2 is 2.08 bits per heavy atom. The normalized spacial score (nSPS) is 11.7. The Hall–Kier alpha value is -0.990. The lowest BCUT2D eigenvalue weighted by Crippen LogP contribution is -2.16. The average molecular weight is 185 g/mol. The van der Waals surface area contributed by atoms with Gasteiger partial charge in [-0.15, -0.1) is 0 Å². The van der Waals surface area contributed by atoms with E-state index in [1.807, 2.05) is 0 Å². The van der Waals surface area contributed by atoms with Crippen LogP contribution >= 0.6 is 0 Å². The van der Waals surface area contributed by atoms with Crippen molar-refractivity contribution in [2.45, 2.75) is 27.2 Å². The van der Waals surface area contributed by atoms with Gasteiger partial charge in [0.1, 0.15) is 0 Å². The number of carbonyl (C=O) groups excluding carboxylic acids is 1. The maximum atomic E-state index is 10.6. The van der Waals surface area contributed by atoms with Crippen molar-refractivity contribution in [3.05, 3.63) is 12.3 Å². The van der Waals surface area contributed by atoms with Gasteiger partial charge in [-0.1, -0.05) is 20.8 Å². The average Bonchev–Trinajstić information content (AvgIpc) is 2.01. The van der Waals surface area contributed by atoms with Gasteiger partial charge in [-0.05, 0) is 11.8 Å². The number of hydrogen-bond acceptors (Lipinski definition) is 3. The van der Waals surface area contributed by atoms with Crippen molar-refractivity contribution in [3.8, 4) is 0 Å². The van der Waals surface area contributed by atoms with Gasteiger partial charge in [0.2, 0.25) is 0 Å². The monoisotopic (exact) mass is 185 g/mol. The number of hydrogen-bond donors (Lipinski definition) is 1. The molecule has 0 spiro atoms. The van der Waals surface area contributed by atoms with Crippen LogP contribution in [-0.2, 0) is 9.53 Å². The van der Waals surface area contributed by atoms with Crippen LogP contribution in [0, 0.1) is 5.41 Å². The fourth-order valence-corrected chi connectivity index (χ4v) is 0.726. The molecule has 0 heterocycles. The zero-order chi connectivity index (χ0) is 10.3. The van der Waals surface area contributed by atoms with E-state index >= 15 is 0 Å². The smallest absolute Gasteiger partial charge is 0.331 e. The molecule has 0 atom stereocenters. The number of methoxy groups -OCH3 is 1. The van der Waals surface area contributed by atoms with Gasteiger partial charge in [0.25, 0.3) is 0 Å². The van der Waals surface area contributed by atoms with Crippen LogP contribution in [0.3, 0.4) is 0 Å². The molecule has 3 nitrogen and oxygen atoms in total. The molecule has 0 saturated heterocycles. The molecule has 0 radical (unpaired) electrons. The molecule has 0 fully saturated rings. The van der Waals surface area contributed by atoms with Crippen LogP contribution in [0.4, 0.5) is 0 Å². The van der Waals surface area contributed by atoms with Crippen LogP contribution < -0.4 is 5.32 Å². The maximum absolute atomic E-state index is 10.6. The first-order valence-electron chi connectivity index (χ1n) is 4.43. The van der Waals surface area contributed by atoms with Gasteiger partial charge in [0, 0.05) is 18.8 Å². The molecule has 0 unspecified atom stereocenters. The summed E-state index contributed by atoms with van der Waals surface area (Å²) >= 11 is 0. The van der Waals surface area contributed by atoms with Crippen LogP contribution in [0.25, 0.3) is 0 Å². The Balaban J connectivity index is 3.46. The largest absolute Gasteiger partial charge is 0.466 e. The van der Waals surface area contributed by atoms with Crippen LogP contribution in [0.15, 0.2) is 12.3 Å². The molecular formula is C10H19NO2. The third-order valence-electron chi connectivity index (χ3n) is 1.56. The summed E-state index contributed by atoms with van der Waals surface area (Å²) in [5.41, 5.74) is 0.326. The highest BCUT2D eigenvalue weighted by molar-refractivity contribution is 5.81. The van der Waals surface area contributed by atoms with Gasteiger partial charge in [0.05, 0.1) is 7.11 Å². The molecule has 13 heavy (non-hydrogen) atoms. The lowest BCUT2D eigenvalue weighted by atomic mass is 9.92. The highest BCUT2D eigenvalue weighted by Crippen LogP contribution is 2.16. The first kappa shape index (κ1) is 12.0. The molecular weight excluding hydrogens is 166 g/mol. The van der Waals surface area contributed by atoms with Gasteiger partial charge in [-0.25, -0.2) is 4.79 Å². The third kappa shape index (κ3) is 8.92. The Morgan fingerprint density at radius 3 is 2.54 bits per heavy atom. The minimum absolute atomic E-state index is 0.326. The lowest BCUT2D eigenvalue weighted by molar-refractivity contribution is -0.134. The van der Waals surface area contributed by atoms with E-state index in [2.05, 4.69) is 30.8 Å². The fourth-order valence-electron chi connectivity index (χ4n) is 0.726. The van der Waals surface area contributed by atoms with E-state index in [4.69, 9.17) is 0 Å². The summed E-state index contributed by atoms with van der Waals surface area (Å²) in [4.78, 5) is 10.6. The fraction of sp³-hybridized carbons (Fsp3) is 0.700. The van der Waals surface area contributed by atoms with Gasteiger partial charge in [-0.2, -0.15) is 0 Å². The Kier molecular flexibility index (Phi) is 5.19. The Morgan fingerprint density at radius 1 is 1.46 bits per heavy atom. The topological polar surface area (TPSA) is 38.3 Å². The molecule has 0 aliphatic heterocycles. The minimum atomic E-state index is -0.330. The number of rotatable bonds is 4. The molecule has 0 aliphatic carbocycles. The van der Waals surface area contributed by atoms with Crippen molar-refractivity contribution < 1.29 is 9.53 Å². The lowest BCUT2D eigenvalue weighted by Gasteiger charge is -2.17. The molecule has 0 aromatic heterocycles. The quantitative estimate of drug-likeness (QED) is 0.411. The second kappa shape index (κ2) is 5.62. The maximum Gasteiger partial charge on any atom is 0.331 e. The first-order valence-corrected chi connectivity index (χ1v) is 4.43. The molecule has 1 N–H and O–H groups in total. The van der Waals surface area contributed by atoms with Crippen molar-refractivity contribution in [1.29, 1.82) is 0 Å². The SMILES string of the molecule is COC(=O)/C=C/NCCC(C)(C)C. The summed E-state index contributed by atoms with van der Waals surface area (Å²) in [6.07, 6.45) is 4.07. The van der Waals surface area contributed by atoms with Crippen molar-refractivity contribution in [1.82, 2.24) is 5.32 Å². The summed E-state index contributed by atoms with van der Waals surface area (Å²) < 4.78 is 4.43. The van der Waals surface area contributed by atoms with Crippen molar-refractivity contribution in [2.24, 2.45) is 5.41 Å². The summed E-state index contributed by atoms with van der Waals surface area (Å²) in [6, 6.07) is 0. The summed E-state index contributed by atoms with van der Waals surface area (Å²) in [5.74, 6) is -0.330. The second-order valence-electron chi connectivity index (χ2n) is 4.12. The highest BCUT2D eigenvalue weighted by Gasteiger charge is 2.07. The number of esters is 1. The molecule has 0 amide bonds. The number of carbonyl (C=O) groups is 1. The second-order valence-corrected chi connectivity index (χ2v) is 4.12. The van der Waals surface area contributed by atoms with Gasteiger partial charge in [-0.3, -0.25) is 0 Å². The summed E-state index contributed by atoms with van der Waals surface area (Å²) in [5, 5.41) is 3.03. The van der Waals surface area contributed by atoms with E-state index < -0.39 is 0 Å². The first-order chi connectivity index (χ1) is 5.95. The van der Waals surface area contributed by atoms with E-state index in [1.165, 1.54) is 13.2 Å². The van der Waals surface area contributed by atoms with E-state index in [0.29, 0.717) is 5.41 Å². The third-order valence-corrected chi connectivity index (χ3v) is 1.56. The molecule has 0 aromatic rings. The molecule has 0 bridgehead atoms. The van der Waals surface area contributed by atoms with Crippen molar-refractivity contribution in [2.75, 3.05) is 13.7 Å². The van der Waals surface area contributed by atoms with Gasteiger partial charge >= 0.3 is 5.97 Å². The highest BCUT2D eigenvalue weighted by atomic mass is 16.5. The standard InChI is InChI=1S/C10H19NO2/c1-10(2,3)6-8-11-7-5-9(12)13-4/h5,7,11H,6,8H2,1-4H3/b7-5+. The number of nitrogens with one attached hydrogen (secondary N) is 1. The summed E-state index contributed by atoms with van der Waals surface area (Å²) in [6.45, 7) is 7.41. The molecule has 3 heteroatoms. The van der Waals surface area contributed by atoms with Crippen LogP contribution in [0.2, 0.25) is 0 Å². The van der Waals surface area contributed by atoms with Crippen molar-refractivity contribution >= 4 is 5.97 Å². The number of ether oxygens (including phenoxy) is 1. The van der Waals surface area contributed by atoms with Gasteiger partial charge < -0.3 is 10.1 Å². The van der Waals surface area contributed by atoms with Crippen LogP contribution in [0.1, 0.15) is 27.2 Å². The van der Waals surface area contributed by atoms with E-state index in [-0.39, 0.29) is 5.97 Å². The van der Waals surface area contributed by atoms with E-state index in [0.717, 1.165) is 13.0 Å². The summed E-state index contributed by atoms with van der Waals surface area (Å²) in [7, 11) is 1.36. The predicted octanol–water partition coefficient (Wildman–Crippen LogP) is 1.70.